The zero-order chi connectivity index (χ0) is 17.2. The van der Waals surface area contributed by atoms with E-state index in [0.717, 1.165) is 0 Å². The van der Waals surface area contributed by atoms with Gasteiger partial charge in [0.15, 0.2) is 0 Å². The quantitative estimate of drug-likeness (QED) is 0.129. The van der Waals surface area contributed by atoms with E-state index in [0.29, 0.717) is 0 Å². The second-order valence-electron chi connectivity index (χ2n) is 4.78. The minimum atomic E-state index is -5.04. The van der Waals surface area contributed by atoms with E-state index < -0.39 is 50.3 Å². The lowest BCUT2D eigenvalue weighted by atomic mass is 9.82. The Balaban J connectivity index is 3.25. The maximum atomic E-state index is 11.0. The lowest BCUT2D eigenvalue weighted by molar-refractivity contribution is -0.594. The molecular formula is C8H21N6O7P+2. The Hall–Kier alpha value is -1.47. The highest BCUT2D eigenvalue weighted by Crippen LogP contribution is 2.40. The van der Waals surface area contributed by atoms with Gasteiger partial charge in [-0.2, -0.15) is 0 Å². The van der Waals surface area contributed by atoms with Crippen LogP contribution in [0.15, 0.2) is 0 Å². The van der Waals surface area contributed by atoms with Gasteiger partial charge in [-0.1, -0.05) is 0 Å². The van der Waals surface area contributed by atoms with E-state index in [1.165, 1.54) is 0 Å². The first-order valence-corrected chi connectivity index (χ1v) is 7.54. The van der Waals surface area contributed by atoms with Gasteiger partial charge in [-0.15, -0.1) is 0 Å². The van der Waals surface area contributed by atoms with Crippen molar-refractivity contribution >= 4 is 19.7 Å². The molecule has 1 aliphatic rings. The van der Waals surface area contributed by atoms with E-state index in [9.17, 15) is 19.9 Å². The molecule has 0 unspecified atom stereocenters. The van der Waals surface area contributed by atoms with Gasteiger partial charge < -0.3 is 25.1 Å². The van der Waals surface area contributed by atoms with Crippen molar-refractivity contribution in [3.63, 3.8) is 0 Å². The Morgan fingerprint density at radius 1 is 0.864 bits per heavy atom. The van der Waals surface area contributed by atoms with Crippen molar-refractivity contribution in [2.24, 2.45) is 22.9 Å². The number of aliphatic hydroxyl groups excluding tert-OH is 3. The number of phosphoric acid groups is 1. The minimum Gasteiger partial charge on any atom is -0.387 e. The molecule has 15 N–H and O–H groups in total. The number of rotatable bonds is 4. The fraction of sp³-hybridized carbons (Fsp3) is 0.750. The fourth-order valence-electron chi connectivity index (χ4n) is 2.25. The lowest BCUT2D eigenvalue weighted by Crippen LogP contribution is -2.99. The third-order valence-electron chi connectivity index (χ3n) is 3.07. The van der Waals surface area contributed by atoms with Crippen LogP contribution in [0.5, 0.6) is 0 Å². The second-order valence-corrected chi connectivity index (χ2v) is 5.98. The van der Waals surface area contributed by atoms with Crippen LogP contribution >= 0.6 is 7.82 Å². The summed E-state index contributed by atoms with van der Waals surface area (Å²) in [4.78, 5) is 22.4. The molecule has 0 heterocycles. The Morgan fingerprint density at radius 2 is 1.32 bits per heavy atom. The van der Waals surface area contributed by atoms with Crippen molar-refractivity contribution in [2.45, 2.75) is 36.5 Å². The van der Waals surface area contributed by atoms with Crippen LogP contribution in [0.3, 0.4) is 0 Å². The summed E-state index contributed by atoms with van der Waals surface area (Å²) in [6.07, 6.45) is -6.81. The van der Waals surface area contributed by atoms with E-state index in [1.54, 1.807) is 0 Å². The predicted octanol–water partition coefficient (Wildman–Crippen LogP) is -8.99. The zero-order valence-electron chi connectivity index (χ0n) is 11.3. The van der Waals surface area contributed by atoms with Crippen LogP contribution in [0, 0.1) is 0 Å². The predicted molar refractivity (Wildman–Crippen MR) is 71.2 cm³/mol. The van der Waals surface area contributed by atoms with E-state index in [1.807, 2.05) is 0 Å². The largest absolute Gasteiger partial charge is 0.470 e. The summed E-state index contributed by atoms with van der Waals surface area (Å²) in [7, 11) is -5.04. The number of hydrogen-bond donors (Lipinski definition) is 11. The first-order chi connectivity index (χ1) is 9.94. The maximum absolute atomic E-state index is 11.0. The van der Waals surface area contributed by atoms with Crippen molar-refractivity contribution in [1.82, 2.24) is 0 Å². The molecule has 13 nitrogen and oxygen atoms in total. The third-order valence-corrected chi connectivity index (χ3v) is 3.59. The van der Waals surface area contributed by atoms with Crippen LogP contribution in [0.4, 0.5) is 0 Å². The number of phosphoric ester groups is 1. The van der Waals surface area contributed by atoms with Crippen molar-refractivity contribution in [3.8, 4) is 0 Å². The summed E-state index contributed by atoms with van der Waals surface area (Å²) in [5.74, 6) is -0.761. The SMILES string of the molecule is NC(N)=[NH+][C@@H]1[C@@H](O)[C@H](O)[C@@H](OP(=O)(O)O)[C@H]([NH+]=C(N)N)[C@H]1O. The molecule has 128 valence electrons. The number of guanidine groups is 2. The highest BCUT2D eigenvalue weighted by molar-refractivity contribution is 7.46. The molecular weight excluding hydrogens is 323 g/mol. The zero-order valence-corrected chi connectivity index (χ0v) is 12.2. The third kappa shape index (κ3) is 4.51. The van der Waals surface area contributed by atoms with Gasteiger partial charge in [0.1, 0.15) is 36.5 Å². The van der Waals surface area contributed by atoms with Gasteiger partial charge >= 0.3 is 19.7 Å². The van der Waals surface area contributed by atoms with Crippen LogP contribution in [0.25, 0.3) is 0 Å². The Morgan fingerprint density at radius 3 is 1.73 bits per heavy atom. The summed E-state index contributed by atoms with van der Waals surface area (Å²) in [6.45, 7) is 0. The maximum Gasteiger partial charge on any atom is 0.470 e. The molecule has 0 aromatic carbocycles. The van der Waals surface area contributed by atoms with Gasteiger partial charge in [0.25, 0.3) is 0 Å². The normalized spacial score (nSPS) is 35.7. The van der Waals surface area contributed by atoms with E-state index >= 15 is 0 Å². The summed E-state index contributed by atoms with van der Waals surface area (Å²) in [6, 6.07) is -2.64. The van der Waals surface area contributed by atoms with Crippen LogP contribution in [-0.4, -0.2) is 73.5 Å². The van der Waals surface area contributed by atoms with Crippen LogP contribution in [-0.2, 0) is 9.09 Å². The van der Waals surface area contributed by atoms with Crippen molar-refractivity contribution in [2.75, 3.05) is 0 Å². The molecule has 0 aliphatic heterocycles. The molecule has 0 radical (unpaired) electrons. The molecule has 0 aromatic heterocycles. The Kier molecular flexibility index (Phi) is 5.70. The fourth-order valence-corrected chi connectivity index (χ4v) is 2.82. The molecule has 1 saturated carbocycles. The number of aliphatic hydroxyl groups is 3. The Labute approximate surface area is 124 Å². The molecule has 0 spiro atoms. The lowest BCUT2D eigenvalue weighted by Gasteiger charge is -2.41. The summed E-state index contributed by atoms with van der Waals surface area (Å²) >= 11 is 0. The van der Waals surface area contributed by atoms with E-state index in [2.05, 4.69) is 14.5 Å². The smallest absolute Gasteiger partial charge is 0.387 e. The van der Waals surface area contributed by atoms with Gasteiger partial charge in [-0.05, 0) is 0 Å². The topological polar surface area (TPSA) is 259 Å². The Bertz CT molecular complexity index is 501. The monoisotopic (exact) mass is 344 g/mol. The summed E-state index contributed by atoms with van der Waals surface area (Å²) in [5, 5.41) is 30.1. The van der Waals surface area contributed by atoms with Crippen molar-refractivity contribution in [1.29, 1.82) is 0 Å². The number of hydrogen-bond acceptors (Lipinski definition) is 5. The molecule has 6 atom stereocenters. The second kappa shape index (κ2) is 6.75. The number of nitrogens with two attached hydrogens (primary N) is 4. The van der Waals surface area contributed by atoms with Gasteiger partial charge in [0, 0.05) is 0 Å². The molecule has 1 rings (SSSR count). The van der Waals surface area contributed by atoms with Crippen molar-refractivity contribution < 1.29 is 44.2 Å². The van der Waals surface area contributed by atoms with Gasteiger partial charge in [0.05, 0.1) is 0 Å². The summed E-state index contributed by atoms with van der Waals surface area (Å²) < 4.78 is 15.4. The van der Waals surface area contributed by atoms with Crippen molar-refractivity contribution in [3.05, 3.63) is 0 Å². The first-order valence-electron chi connectivity index (χ1n) is 6.01. The van der Waals surface area contributed by atoms with E-state index in [4.69, 9.17) is 32.7 Å². The van der Waals surface area contributed by atoms with Gasteiger partial charge in [-0.3, -0.25) is 37.4 Å². The average molecular weight is 344 g/mol. The first kappa shape index (κ1) is 18.6. The molecule has 22 heavy (non-hydrogen) atoms. The van der Waals surface area contributed by atoms with Gasteiger partial charge in [0.2, 0.25) is 0 Å². The number of nitrogens with one attached hydrogen (secondary N) is 2. The standard InChI is InChI=1S/C8H19N6O7P/c9-7(10)13-1-3(15)2(14-8(11)12)6(5(17)4(1)16)21-22(18,19)20/h1-6,15-17H,(H4,9,10,13)(H4,11,12,14)(H2,18,19,20)/p+2/t1-,2+,3-,4+,5-,6-/m0/s1. The van der Waals surface area contributed by atoms with Crippen LogP contribution in [0.2, 0.25) is 0 Å². The van der Waals surface area contributed by atoms with E-state index in [-0.39, 0.29) is 5.96 Å². The highest BCUT2D eigenvalue weighted by Gasteiger charge is 2.53. The average Bonchev–Trinajstić information content (AvgIpc) is 2.34. The molecule has 14 heteroatoms. The molecule has 0 bridgehead atoms. The molecule has 0 saturated heterocycles. The molecule has 1 fully saturated rings. The highest BCUT2D eigenvalue weighted by atomic mass is 31.2. The molecule has 0 aromatic rings. The van der Waals surface area contributed by atoms with Crippen LogP contribution < -0.4 is 32.9 Å². The summed E-state index contributed by atoms with van der Waals surface area (Å²) in [5.41, 5.74) is 20.9. The van der Waals surface area contributed by atoms with Gasteiger partial charge in [-0.25, -0.2) is 4.57 Å². The molecule has 0 amide bonds. The molecule has 1 aliphatic carbocycles. The van der Waals surface area contributed by atoms with Crippen LogP contribution in [0.1, 0.15) is 0 Å². The minimum absolute atomic E-state index is 0.354.